The number of alkyl carbamates (subject to hydrolysis) is 1. The van der Waals surface area contributed by atoms with E-state index in [9.17, 15) is 9.59 Å². The molecule has 0 radical (unpaired) electrons. The predicted octanol–water partition coefficient (Wildman–Crippen LogP) is 8.97. The van der Waals surface area contributed by atoms with Gasteiger partial charge in [0.1, 0.15) is 11.2 Å². The quantitative estimate of drug-likeness (QED) is 0.121. The first-order valence-corrected chi connectivity index (χ1v) is 15.7. The van der Waals surface area contributed by atoms with Gasteiger partial charge in [0, 0.05) is 24.3 Å². The van der Waals surface area contributed by atoms with Gasteiger partial charge in [-0.3, -0.25) is 5.32 Å². The summed E-state index contributed by atoms with van der Waals surface area (Å²) in [6.45, 7) is 10.9. The summed E-state index contributed by atoms with van der Waals surface area (Å²) in [5.74, 6) is -0.115. The Bertz CT molecular complexity index is 1610. The third kappa shape index (κ3) is 9.66. The van der Waals surface area contributed by atoms with Crippen LogP contribution < -0.4 is 21.3 Å². The van der Waals surface area contributed by atoms with Crippen molar-refractivity contribution in [3.8, 4) is 11.1 Å². The highest BCUT2D eigenvalue weighted by molar-refractivity contribution is 6.42. The molecule has 0 bridgehead atoms. The van der Waals surface area contributed by atoms with Gasteiger partial charge < -0.3 is 25.4 Å². The number of carbonyl (C=O) groups excluding carboxylic acids is 2. The van der Waals surface area contributed by atoms with Gasteiger partial charge in [-0.15, -0.1) is 4.99 Å². The Morgan fingerprint density at radius 1 is 0.867 bits per heavy atom. The van der Waals surface area contributed by atoms with Crippen LogP contribution in [-0.2, 0) is 22.3 Å². The molecule has 240 valence electrons. The highest BCUT2D eigenvalue weighted by Gasteiger charge is 2.23. The number of fused-ring (bicyclic) bond motifs is 2. The van der Waals surface area contributed by atoms with Crippen LogP contribution in [0.3, 0.4) is 0 Å². The number of rotatable bonds is 5. The summed E-state index contributed by atoms with van der Waals surface area (Å²) in [7, 11) is 0. The van der Waals surface area contributed by atoms with Gasteiger partial charge in [0.15, 0.2) is 0 Å². The maximum Gasteiger partial charge on any atom is 0.437 e. The van der Waals surface area contributed by atoms with E-state index in [4.69, 9.17) is 44.3 Å². The van der Waals surface area contributed by atoms with E-state index in [2.05, 4.69) is 38.4 Å². The van der Waals surface area contributed by atoms with Crippen molar-refractivity contribution in [3.63, 3.8) is 0 Å². The summed E-state index contributed by atoms with van der Waals surface area (Å²) in [6, 6.07) is 15.7. The van der Waals surface area contributed by atoms with Gasteiger partial charge in [-0.05, 0) is 95.3 Å². The Balaban J connectivity index is 1.60. The molecule has 0 atom stereocenters. The zero-order chi connectivity index (χ0) is 32.9. The zero-order valence-corrected chi connectivity index (χ0v) is 28.4. The van der Waals surface area contributed by atoms with Crippen molar-refractivity contribution in [3.05, 3.63) is 74.7 Å². The topological polar surface area (TPSA) is 113 Å². The number of nitrogens with zero attached hydrogens (tertiary/aromatic N) is 1. The van der Waals surface area contributed by atoms with Crippen LogP contribution in [0.2, 0.25) is 15.1 Å². The molecule has 0 fully saturated rings. The standard InChI is InChI=1S/C33H38Cl3N5O4/c1-32(2,3)44-30(42)40-29(41-31(43)45-33(4,5)6)38-16-15-37-28-22(20-13-14-23(34)24(35)18-20)17-21-12-11-19-9-7-8-10-25(19)39-27(21)26(28)36/h7-10,13-14,17-18,37,39H,11-12,15-16H2,1-6H3,(H2,38,40,41,42,43). The Labute approximate surface area is 279 Å². The Kier molecular flexibility index (Phi) is 10.8. The number of hydrogen-bond donors (Lipinski definition) is 4. The number of hydrogen-bond acceptors (Lipinski definition) is 6. The van der Waals surface area contributed by atoms with E-state index in [1.807, 2.05) is 24.3 Å². The third-order valence-electron chi connectivity index (χ3n) is 6.45. The lowest BCUT2D eigenvalue weighted by Gasteiger charge is -2.22. The first-order chi connectivity index (χ1) is 21.1. The van der Waals surface area contributed by atoms with E-state index in [0.717, 1.165) is 40.9 Å². The van der Waals surface area contributed by atoms with Crippen molar-refractivity contribution in [2.24, 2.45) is 4.99 Å². The lowest BCUT2D eigenvalue weighted by Crippen LogP contribution is -2.45. The molecule has 1 aliphatic heterocycles. The second-order valence-corrected chi connectivity index (χ2v) is 13.7. The third-order valence-corrected chi connectivity index (χ3v) is 7.57. The molecule has 0 aromatic heterocycles. The number of anilines is 3. The molecule has 0 saturated carbocycles. The summed E-state index contributed by atoms with van der Waals surface area (Å²) in [5.41, 5.74) is 4.93. The Morgan fingerprint density at radius 3 is 2.24 bits per heavy atom. The SMILES string of the molecule is CC(C)(C)OC(=O)/N=C(\NCCNc1c(-c2ccc(Cl)c(Cl)c2)cc2c(c1Cl)Nc1ccccc1CC2)NC(=O)OC(C)(C)C. The van der Waals surface area contributed by atoms with E-state index in [0.29, 0.717) is 27.3 Å². The Morgan fingerprint density at radius 2 is 1.56 bits per heavy atom. The van der Waals surface area contributed by atoms with Gasteiger partial charge in [-0.2, -0.15) is 0 Å². The summed E-state index contributed by atoms with van der Waals surface area (Å²) in [4.78, 5) is 28.8. The molecule has 12 heteroatoms. The van der Waals surface area contributed by atoms with Crippen LogP contribution >= 0.6 is 34.8 Å². The van der Waals surface area contributed by atoms with Gasteiger partial charge in [0.05, 0.1) is 26.4 Å². The van der Waals surface area contributed by atoms with Crippen LogP contribution in [-0.4, -0.2) is 42.4 Å². The molecule has 0 saturated heterocycles. The van der Waals surface area contributed by atoms with E-state index in [1.165, 1.54) is 5.56 Å². The number of aliphatic imine (C=N–C) groups is 1. The smallest absolute Gasteiger partial charge is 0.437 e. The molecule has 9 nitrogen and oxygen atoms in total. The lowest BCUT2D eigenvalue weighted by atomic mass is 9.96. The molecule has 45 heavy (non-hydrogen) atoms. The Hall–Kier alpha value is -3.66. The number of amides is 2. The zero-order valence-electron chi connectivity index (χ0n) is 26.2. The summed E-state index contributed by atoms with van der Waals surface area (Å²) >= 11 is 19.8. The van der Waals surface area contributed by atoms with E-state index < -0.39 is 23.4 Å². The van der Waals surface area contributed by atoms with Crippen molar-refractivity contribution < 1.29 is 19.1 Å². The number of ether oxygens (including phenoxy) is 2. The molecular weight excluding hydrogens is 637 g/mol. The molecule has 0 aliphatic carbocycles. The molecule has 0 spiro atoms. The van der Waals surface area contributed by atoms with Crippen LogP contribution in [0.4, 0.5) is 26.7 Å². The van der Waals surface area contributed by atoms with Gasteiger partial charge >= 0.3 is 12.2 Å². The van der Waals surface area contributed by atoms with Crippen molar-refractivity contribution in [2.45, 2.75) is 65.6 Å². The number of para-hydroxylation sites is 1. The van der Waals surface area contributed by atoms with Gasteiger partial charge in [-0.1, -0.05) is 59.1 Å². The number of guanidine groups is 1. The predicted molar refractivity (Wildman–Crippen MR) is 184 cm³/mol. The van der Waals surface area contributed by atoms with Crippen LogP contribution in [0.15, 0.2) is 53.5 Å². The van der Waals surface area contributed by atoms with E-state index >= 15 is 0 Å². The largest absolute Gasteiger partial charge is 0.444 e. The number of nitrogens with one attached hydrogen (secondary N) is 4. The highest BCUT2D eigenvalue weighted by Crippen LogP contribution is 2.45. The maximum absolute atomic E-state index is 12.5. The fourth-order valence-corrected chi connectivity index (χ4v) is 5.26. The van der Waals surface area contributed by atoms with Gasteiger partial charge in [0.2, 0.25) is 5.96 Å². The molecule has 4 N–H and O–H groups in total. The number of halogens is 3. The second-order valence-electron chi connectivity index (χ2n) is 12.5. The number of carbonyl (C=O) groups is 2. The second kappa shape index (κ2) is 14.2. The van der Waals surface area contributed by atoms with Crippen molar-refractivity contribution in [2.75, 3.05) is 23.7 Å². The average Bonchev–Trinajstić information content (AvgIpc) is 3.11. The van der Waals surface area contributed by atoms with E-state index in [1.54, 1.807) is 53.7 Å². The van der Waals surface area contributed by atoms with Crippen molar-refractivity contribution >= 4 is 70.0 Å². The highest BCUT2D eigenvalue weighted by atomic mass is 35.5. The van der Waals surface area contributed by atoms with Crippen molar-refractivity contribution in [1.82, 2.24) is 10.6 Å². The first-order valence-electron chi connectivity index (χ1n) is 14.5. The van der Waals surface area contributed by atoms with Crippen LogP contribution in [0, 0.1) is 0 Å². The monoisotopic (exact) mass is 673 g/mol. The maximum atomic E-state index is 12.5. The van der Waals surface area contributed by atoms with Crippen LogP contribution in [0.1, 0.15) is 52.7 Å². The summed E-state index contributed by atoms with van der Waals surface area (Å²) < 4.78 is 10.6. The van der Waals surface area contributed by atoms with Gasteiger partial charge in [0.25, 0.3) is 0 Å². The average molecular weight is 675 g/mol. The normalized spacial score (nSPS) is 13.0. The molecule has 3 aromatic carbocycles. The van der Waals surface area contributed by atoms with E-state index in [-0.39, 0.29) is 12.5 Å². The lowest BCUT2D eigenvalue weighted by molar-refractivity contribution is 0.0560. The molecule has 2 amide bonds. The number of aryl methyl sites for hydroxylation is 2. The molecule has 1 heterocycles. The van der Waals surface area contributed by atoms with Gasteiger partial charge in [-0.25, -0.2) is 9.59 Å². The molecule has 3 aromatic rings. The molecular formula is C33H38Cl3N5O4. The minimum Gasteiger partial charge on any atom is -0.444 e. The number of benzene rings is 3. The molecule has 0 unspecified atom stereocenters. The minimum atomic E-state index is -0.865. The fourth-order valence-electron chi connectivity index (χ4n) is 4.62. The fraction of sp³-hybridized carbons (Fsp3) is 0.364. The summed E-state index contributed by atoms with van der Waals surface area (Å²) in [5, 5.41) is 13.8. The van der Waals surface area contributed by atoms with Crippen LogP contribution in [0.5, 0.6) is 0 Å². The minimum absolute atomic E-state index is 0.115. The first kappa shape index (κ1) is 34.2. The molecule has 1 aliphatic rings. The van der Waals surface area contributed by atoms with Crippen molar-refractivity contribution in [1.29, 1.82) is 0 Å². The van der Waals surface area contributed by atoms with Crippen LogP contribution in [0.25, 0.3) is 11.1 Å². The molecule has 4 rings (SSSR count). The summed E-state index contributed by atoms with van der Waals surface area (Å²) in [6.07, 6.45) is 0.00758.